The van der Waals surface area contributed by atoms with E-state index in [4.69, 9.17) is 5.73 Å². The van der Waals surface area contributed by atoms with Crippen LogP contribution in [0.25, 0.3) is 11.3 Å². The van der Waals surface area contributed by atoms with Crippen LogP contribution < -0.4 is 0 Å². The van der Waals surface area contributed by atoms with Gasteiger partial charge in [0.15, 0.2) is 0 Å². The van der Waals surface area contributed by atoms with Gasteiger partial charge in [0, 0.05) is 31.4 Å². The van der Waals surface area contributed by atoms with Gasteiger partial charge in [0.1, 0.15) is 0 Å². The molecule has 1 aliphatic carbocycles. The Morgan fingerprint density at radius 2 is 1.59 bits per heavy atom. The average molecular weight is 476 g/mol. The first-order valence-corrected chi connectivity index (χ1v) is 9.84. The van der Waals surface area contributed by atoms with Gasteiger partial charge < -0.3 is 10.5 Å². The van der Waals surface area contributed by atoms with Crippen LogP contribution in [0.4, 0.5) is 0 Å². The minimum Gasteiger partial charge on any atom is -0.664 e. The van der Waals surface area contributed by atoms with Crippen molar-refractivity contribution in [3.05, 3.63) is 56.5 Å². The van der Waals surface area contributed by atoms with Crippen LogP contribution >= 0.6 is 0 Å². The Hall–Kier alpha value is -0.743. The first-order chi connectivity index (χ1) is 9.77. The number of carbonyl (C=O) groups excluding carboxylic acids is 1. The predicted molar refractivity (Wildman–Crippen MR) is 92.2 cm³/mol. The molecule has 0 atom stereocenters. The summed E-state index contributed by atoms with van der Waals surface area (Å²) < 4.78 is 0. The molecular weight excluding hydrogens is 453 g/mol. The zero-order chi connectivity index (χ0) is 15.9. The summed E-state index contributed by atoms with van der Waals surface area (Å²) in [4.78, 5) is 12.0. The van der Waals surface area contributed by atoms with Crippen molar-refractivity contribution in [3.63, 3.8) is 0 Å². The van der Waals surface area contributed by atoms with E-state index in [9.17, 15) is 4.79 Å². The molecule has 1 radical (unpaired) electrons. The zero-order valence-electron chi connectivity index (χ0n) is 14.3. The van der Waals surface area contributed by atoms with E-state index in [2.05, 4.69) is 39.1 Å². The van der Waals surface area contributed by atoms with Crippen molar-refractivity contribution < 1.29 is 30.6 Å². The van der Waals surface area contributed by atoms with Gasteiger partial charge in [-0.15, -0.1) is 0 Å². The van der Waals surface area contributed by atoms with E-state index in [1.54, 1.807) is 0 Å². The van der Waals surface area contributed by atoms with Crippen molar-refractivity contribution >= 4 is 20.3 Å². The molecule has 1 aliphatic rings. The Labute approximate surface area is 154 Å². The van der Waals surface area contributed by atoms with Crippen molar-refractivity contribution in [1.29, 1.82) is 0 Å². The van der Waals surface area contributed by atoms with Crippen LogP contribution in [0.1, 0.15) is 44.6 Å². The molecule has 0 saturated carbocycles. The van der Waals surface area contributed by atoms with Gasteiger partial charge in [0.05, 0.1) is 14.7 Å². The normalized spacial score (nSPS) is 13.8. The third-order valence-corrected chi connectivity index (χ3v) is 6.23. The summed E-state index contributed by atoms with van der Waals surface area (Å²) in [5, 5.41) is 1.40. The maximum Gasteiger partial charge on any atom is 0.0805 e. The van der Waals surface area contributed by atoms with Crippen LogP contribution in [-0.2, 0) is 25.8 Å². The number of nitrogens with one attached hydrogen (secondary N) is 1. The number of amides is 1. The molecule has 0 fully saturated rings. The fourth-order valence-corrected chi connectivity index (χ4v) is 4.47. The van der Waals surface area contributed by atoms with Gasteiger partial charge in [-0.3, -0.25) is 0 Å². The van der Waals surface area contributed by atoms with Crippen molar-refractivity contribution in [2.45, 2.75) is 47.2 Å². The quantitative estimate of drug-likeness (QED) is 0.559. The third-order valence-electron chi connectivity index (χ3n) is 4.69. The molecule has 0 saturated heterocycles. The van der Waals surface area contributed by atoms with Gasteiger partial charge in [-0.25, -0.2) is 0 Å². The molecule has 0 heterocycles. The molecule has 115 valence electrons. The van der Waals surface area contributed by atoms with E-state index in [0.29, 0.717) is 5.56 Å². The molecule has 2 nitrogen and oxygen atoms in total. The Morgan fingerprint density at radius 3 is 2.09 bits per heavy atom. The molecule has 0 spiro atoms. The summed E-state index contributed by atoms with van der Waals surface area (Å²) in [6.07, 6.45) is 5.28. The summed E-state index contributed by atoms with van der Waals surface area (Å²) in [5.74, 6) is -0.562. The maximum atomic E-state index is 12.0. The fourth-order valence-electron chi connectivity index (χ4n) is 3.18. The molecule has 2 rings (SSSR count). The van der Waals surface area contributed by atoms with Gasteiger partial charge in [0.25, 0.3) is 0 Å². The molecule has 1 amide bonds. The minimum absolute atomic E-state index is 0. The van der Waals surface area contributed by atoms with Gasteiger partial charge >= 0.3 is 0 Å². The number of rotatable bonds is 3. The van der Waals surface area contributed by atoms with Gasteiger partial charge in [-0.1, -0.05) is 30.4 Å². The smallest absolute Gasteiger partial charge is 0.0805 e. The van der Waals surface area contributed by atoms with Crippen molar-refractivity contribution in [2.24, 2.45) is 0 Å². The number of allylic oxidation sites excluding steroid dienone is 4. The number of carbonyl (C=O) groups is 1. The first-order valence-electron chi connectivity index (χ1n) is 7.34. The molecule has 0 unspecified atom stereocenters. The van der Waals surface area contributed by atoms with Crippen LogP contribution in [0.5, 0.6) is 0 Å². The summed E-state index contributed by atoms with van der Waals surface area (Å²) >= 11 is 0. The second-order valence-electron chi connectivity index (χ2n) is 6.08. The number of benzene rings is 1. The molecule has 1 N–H and O–H groups in total. The van der Waals surface area contributed by atoms with Crippen molar-refractivity contribution in [3.8, 4) is 0 Å². The van der Waals surface area contributed by atoms with Crippen molar-refractivity contribution in [2.75, 3.05) is 0 Å². The maximum absolute atomic E-state index is 12.0. The van der Waals surface area contributed by atoms with Gasteiger partial charge in [-0.05, 0) is 67.5 Å². The molecule has 1 aromatic carbocycles. The Bertz CT molecular complexity index is 687. The number of hydrogen-bond donors (Lipinski definition) is 0. The monoisotopic (exact) mass is 477 g/mol. The van der Waals surface area contributed by atoms with E-state index < -0.39 is 14.7 Å². The standard InChI is InChI=1S/C18H24NOSi.Hf/c1-10-11(2)13(4)17(18(19)20)16(12(10)3)14-8-7-9-15(14)21(5)6;/h7,9H,8H2,1-6H3,(H2,19,20);/p-1. The average Bonchev–Trinajstić information content (AvgIpc) is 2.88. The van der Waals surface area contributed by atoms with E-state index >= 15 is 0 Å². The summed E-state index contributed by atoms with van der Waals surface area (Å²) in [6.45, 7) is 12.8. The molecule has 4 heteroatoms. The third kappa shape index (κ3) is 3.13. The van der Waals surface area contributed by atoms with Gasteiger partial charge in [-0.2, -0.15) is 0 Å². The fraction of sp³-hybridized carbons (Fsp3) is 0.389. The first kappa shape index (κ1) is 19.3. The summed E-state index contributed by atoms with van der Waals surface area (Å²) in [5.41, 5.74) is 15.1. The van der Waals surface area contributed by atoms with E-state index in [-0.39, 0.29) is 25.8 Å². The topological polar surface area (TPSA) is 40.9 Å². The van der Waals surface area contributed by atoms with Crippen LogP contribution in [0.2, 0.25) is 13.1 Å². The predicted octanol–water partition coefficient (Wildman–Crippen LogP) is 5.12. The summed E-state index contributed by atoms with van der Waals surface area (Å²) in [6, 6.07) is 0. The Morgan fingerprint density at radius 1 is 1.05 bits per heavy atom. The molecular formula is C18H23HfNOSi-. The van der Waals surface area contributed by atoms with Crippen LogP contribution in [0, 0.1) is 27.7 Å². The largest absolute Gasteiger partial charge is 0.664 e. The Balaban J connectivity index is 0.00000242. The molecule has 22 heavy (non-hydrogen) atoms. The van der Waals surface area contributed by atoms with E-state index in [0.717, 1.165) is 28.7 Å². The SMILES string of the molecule is Cc1c(C)c(C)c(C2=C([Si](C)C)C=CC2)c(C([NH-])=O)c1C.[Hf]. The summed E-state index contributed by atoms with van der Waals surface area (Å²) in [7, 11) is -0.581. The molecule has 1 aromatic rings. The van der Waals surface area contributed by atoms with E-state index in [1.807, 2.05) is 13.8 Å². The van der Waals surface area contributed by atoms with Crippen LogP contribution in [0.3, 0.4) is 0 Å². The Kier molecular flexibility index (Phi) is 6.33. The van der Waals surface area contributed by atoms with Crippen molar-refractivity contribution in [1.82, 2.24) is 0 Å². The molecule has 0 aliphatic heterocycles. The second-order valence-corrected chi connectivity index (χ2v) is 8.62. The zero-order valence-corrected chi connectivity index (χ0v) is 18.9. The molecule has 0 bridgehead atoms. The van der Waals surface area contributed by atoms with Crippen LogP contribution in [-0.4, -0.2) is 14.7 Å². The number of hydrogen-bond acceptors (Lipinski definition) is 1. The minimum atomic E-state index is -0.581. The molecule has 0 aromatic heterocycles. The van der Waals surface area contributed by atoms with E-state index in [1.165, 1.54) is 16.3 Å². The van der Waals surface area contributed by atoms with Crippen LogP contribution in [0.15, 0.2) is 17.3 Å². The van der Waals surface area contributed by atoms with Gasteiger partial charge in [0.2, 0.25) is 0 Å². The second kappa shape index (κ2) is 7.22.